The molecule has 2 aromatic rings. The number of aromatic carboxylic acids is 1. The van der Waals surface area contributed by atoms with Crippen molar-refractivity contribution in [2.75, 3.05) is 5.73 Å². The average Bonchev–Trinajstić information content (AvgIpc) is 2.18. The van der Waals surface area contributed by atoms with Gasteiger partial charge in [0.1, 0.15) is 5.82 Å². The van der Waals surface area contributed by atoms with Crippen molar-refractivity contribution in [3.05, 3.63) is 35.5 Å². The molecule has 2 rings (SSSR count). The first kappa shape index (κ1) is 9.45. The van der Waals surface area contributed by atoms with Crippen LogP contribution in [0.15, 0.2) is 24.4 Å². The molecule has 1 aromatic heterocycles. The summed E-state index contributed by atoms with van der Waals surface area (Å²) >= 11 is 0. The van der Waals surface area contributed by atoms with Gasteiger partial charge < -0.3 is 10.8 Å². The second-order valence-electron chi connectivity index (χ2n) is 3.39. The number of pyridine rings is 1. The van der Waals surface area contributed by atoms with Gasteiger partial charge in [-0.3, -0.25) is 0 Å². The zero-order valence-corrected chi connectivity index (χ0v) is 8.19. The first-order valence-corrected chi connectivity index (χ1v) is 4.47. The van der Waals surface area contributed by atoms with E-state index in [1.165, 1.54) is 0 Å². The molecule has 0 fully saturated rings. The van der Waals surface area contributed by atoms with E-state index in [1.54, 1.807) is 31.3 Å². The van der Waals surface area contributed by atoms with Gasteiger partial charge in [0.25, 0.3) is 0 Å². The van der Waals surface area contributed by atoms with Crippen LogP contribution >= 0.6 is 0 Å². The Labute approximate surface area is 86.4 Å². The van der Waals surface area contributed by atoms with Crippen molar-refractivity contribution in [2.24, 2.45) is 0 Å². The Bertz CT molecular complexity index is 550. The maximum Gasteiger partial charge on any atom is 0.335 e. The number of nitrogens with two attached hydrogens (primary N) is 1. The zero-order valence-electron chi connectivity index (χ0n) is 8.19. The lowest BCUT2D eigenvalue weighted by molar-refractivity contribution is 0.0696. The van der Waals surface area contributed by atoms with Gasteiger partial charge in [-0.25, -0.2) is 9.78 Å². The molecule has 0 aliphatic carbocycles. The topological polar surface area (TPSA) is 76.2 Å². The number of carboxylic acid groups (broad SMARTS) is 1. The number of rotatable bonds is 1. The minimum absolute atomic E-state index is 0.299. The van der Waals surface area contributed by atoms with E-state index in [2.05, 4.69) is 4.98 Å². The molecule has 0 spiro atoms. The molecule has 0 aliphatic heterocycles. The Morgan fingerprint density at radius 3 is 2.87 bits per heavy atom. The summed E-state index contributed by atoms with van der Waals surface area (Å²) in [6, 6.07) is 5.11. The Hall–Kier alpha value is -2.10. The van der Waals surface area contributed by atoms with Crippen molar-refractivity contribution in [3.63, 3.8) is 0 Å². The van der Waals surface area contributed by atoms with Crippen LogP contribution in [0, 0.1) is 6.92 Å². The van der Waals surface area contributed by atoms with Crippen LogP contribution in [-0.2, 0) is 0 Å². The highest BCUT2D eigenvalue weighted by atomic mass is 16.4. The molecule has 0 bridgehead atoms. The van der Waals surface area contributed by atoms with E-state index in [-0.39, 0.29) is 0 Å². The number of fused-ring (bicyclic) bond motifs is 1. The molecular formula is C11H10N2O2. The number of hydrogen-bond donors (Lipinski definition) is 2. The molecule has 1 aromatic carbocycles. The summed E-state index contributed by atoms with van der Waals surface area (Å²) in [6.45, 7) is 1.75. The standard InChI is InChI=1S/C11H10N2O2/c1-6-4-9-7(2-3-13-10(9)12)5-8(6)11(14)15/h2-5H,1H3,(H2,12,13)(H,14,15). The number of benzene rings is 1. The molecule has 0 radical (unpaired) electrons. The largest absolute Gasteiger partial charge is 0.478 e. The molecule has 1 heterocycles. The van der Waals surface area contributed by atoms with Crippen LogP contribution in [0.4, 0.5) is 5.82 Å². The predicted octanol–water partition coefficient (Wildman–Crippen LogP) is 1.82. The summed E-state index contributed by atoms with van der Waals surface area (Å²) in [5.74, 6) is -0.502. The van der Waals surface area contributed by atoms with E-state index in [0.29, 0.717) is 16.9 Å². The fourth-order valence-corrected chi connectivity index (χ4v) is 1.58. The Morgan fingerprint density at radius 2 is 2.20 bits per heavy atom. The fourth-order valence-electron chi connectivity index (χ4n) is 1.58. The highest BCUT2D eigenvalue weighted by Crippen LogP contribution is 2.22. The Morgan fingerprint density at radius 1 is 1.47 bits per heavy atom. The normalized spacial score (nSPS) is 10.5. The van der Waals surface area contributed by atoms with Crippen LogP contribution in [0.25, 0.3) is 10.8 Å². The van der Waals surface area contributed by atoms with Crippen molar-refractivity contribution in [1.82, 2.24) is 4.98 Å². The second-order valence-corrected chi connectivity index (χ2v) is 3.39. The minimum Gasteiger partial charge on any atom is -0.478 e. The third-order valence-electron chi connectivity index (χ3n) is 2.37. The van der Waals surface area contributed by atoms with E-state index < -0.39 is 5.97 Å². The van der Waals surface area contributed by atoms with Gasteiger partial charge in [0.2, 0.25) is 0 Å². The lowest BCUT2D eigenvalue weighted by atomic mass is 10.0. The highest BCUT2D eigenvalue weighted by Gasteiger charge is 2.09. The van der Waals surface area contributed by atoms with Gasteiger partial charge in [0.15, 0.2) is 0 Å². The Balaban J connectivity index is 2.82. The van der Waals surface area contributed by atoms with E-state index in [0.717, 1.165) is 10.8 Å². The quantitative estimate of drug-likeness (QED) is 0.739. The minimum atomic E-state index is -0.926. The maximum absolute atomic E-state index is 10.9. The summed E-state index contributed by atoms with van der Waals surface area (Å²) in [5.41, 5.74) is 6.68. The van der Waals surface area contributed by atoms with Crippen LogP contribution in [0.5, 0.6) is 0 Å². The van der Waals surface area contributed by atoms with Crippen molar-refractivity contribution in [1.29, 1.82) is 0 Å². The first-order valence-electron chi connectivity index (χ1n) is 4.47. The van der Waals surface area contributed by atoms with Gasteiger partial charge in [-0.05, 0) is 36.1 Å². The summed E-state index contributed by atoms with van der Waals surface area (Å²) in [5, 5.41) is 10.5. The van der Waals surface area contributed by atoms with E-state index in [4.69, 9.17) is 10.8 Å². The van der Waals surface area contributed by atoms with Crippen molar-refractivity contribution in [3.8, 4) is 0 Å². The monoisotopic (exact) mass is 202 g/mol. The van der Waals surface area contributed by atoms with Crippen molar-refractivity contribution in [2.45, 2.75) is 6.92 Å². The van der Waals surface area contributed by atoms with E-state index in [9.17, 15) is 4.79 Å². The molecule has 4 nitrogen and oxygen atoms in total. The SMILES string of the molecule is Cc1cc2c(N)nccc2cc1C(=O)O. The van der Waals surface area contributed by atoms with Gasteiger partial charge in [0.05, 0.1) is 5.56 Å². The first-order chi connectivity index (χ1) is 7.09. The number of carbonyl (C=O) groups is 1. The Kier molecular flexibility index (Phi) is 2.04. The number of hydrogen-bond acceptors (Lipinski definition) is 3. The van der Waals surface area contributed by atoms with Crippen molar-refractivity contribution < 1.29 is 9.90 Å². The van der Waals surface area contributed by atoms with Gasteiger partial charge in [-0.2, -0.15) is 0 Å². The molecule has 0 atom stereocenters. The molecule has 0 aliphatic rings. The van der Waals surface area contributed by atoms with Crippen molar-refractivity contribution >= 4 is 22.6 Å². The molecule has 76 valence electrons. The van der Waals surface area contributed by atoms with Gasteiger partial charge in [-0.15, -0.1) is 0 Å². The third kappa shape index (κ3) is 1.50. The molecular weight excluding hydrogens is 192 g/mol. The number of anilines is 1. The van der Waals surface area contributed by atoms with E-state index >= 15 is 0 Å². The predicted molar refractivity (Wildman–Crippen MR) is 57.9 cm³/mol. The van der Waals surface area contributed by atoms with Gasteiger partial charge >= 0.3 is 5.97 Å². The van der Waals surface area contributed by atoms with Crippen LogP contribution < -0.4 is 5.73 Å². The molecule has 4 heteroatoms. The summed E-state index contributed by atoms with van der Waals surface area (Å²) in [4.78, 5) is 14.9. The lowest BCUT2D eigenvalue weighted by Gasteiger charge is -2.05. The van der Waals surface area contributed by atoms with Gasteiger partial charge in [0, 0.05) is 11.6 Å². The van der Waals surface area contributed by atoms with Crippen LogP contribution in [0.3, 0.4) is 0 Å². The number of aryl methyl sites for hydroxylation is 1. The molecule has 0 amide bonds. The molecule has 0 unspecified atom stereocenters. The summed E-state index contributed by atoms with van der Waals surface area (Å²) in [6.07, 6.45) is 1.57. The number of carboxylic acids is 1. The smallest absolute Gasteiger partial charge is 0.335 e. The fraction of sp³-hybridized carbons (Fsp3) is 0.0909. The number of aromatic nitrogens is 1. The van der Waals surface area contributed by atoms with Crippen LogP contribution in [0.2, 0.25) is 0 Å². The number of nitrogen functional groups attached to an aromatic ring is 1. The van der Waals surface area contributed by atoms with Gasteiger partial charge in [-0.1, -0.05) is 0 Å². The number of nitrogens with zero attached hydrogens (tertiary/aromatic N) is 1. The summed E-state index contributed by atoms with van der Waals surface area (Å²) in [7, 11) is 0. The average molecular weight is 202 g/mol. The van der Waals surface area contributed by atoms with E-state index in [1.807, 2.05) is 0 Å². The second kappa shape index (κ2) is 3.24. The highest BCUT2D eigenvalue weighted by molar-refractivity contribution is 5.99. The molecule has 15 heavy (non-hydrogen) atoms. The lowest BCUT2D eigenvalue weighted by Crippen LogP contribution is -2.00. The zero-order chi connectivity index (χ0) is 11.0. The molecule has 0 saturated heterocycles. The summed E-state index contributed by atoms with van der Waals surface area (Å²) < 4.78 is 0. The maximum atomic E-state index is 10.9. The molecule has 0 saturated carbocycles. The van der Waals surface area contributed by atoms with Crippen LogP contribution in [-0.4, -0.2) is 16.1 Å². The van der Waals surface area contributed by atoms with Crippen LogP contribution in [0.1, 0.15) is 15.9 Å². The third-order valence-corrected chi connectivity index (χ3v) is 2.37. The molecule has 3 N–H and O–H groups in total.